The molecule has 0 bridgehead atoms. The lowest BCUT2D eigenvalue weighted by molar-refractivity contribution is 0.445. The van der Waals surface area contributed by atoms with E-state index in [4.69, 9.17) is 5.11 Å². The van der Waals surface area contributed by atoms with Crippen LogP contribution < -0.4 is 0 Å². The van der Waals surface area contributed by atoms with E-state index in [9.17, 15) is 5.11 Å². The van der Waals surface area contributed by atoms with Gasteiger partial charge >= 0.3 is 0 Å². The van der Waals surface area contributed by atoms with Gasteiger partial charge in [-0.05, 0) is 24.0 Å². The molecule has 0 fully saturated rings. The lowest BCUT2D eigenvalue weighted by Gasteiger charge is -2.07. The predicted molar refractivity (Wildman–Crippen MR) is 55.2 cm³/mol. The normalized spacial score (nSPS) is 15.1. The van der Waals surface area contributed by atoms with Crippen molar-refractivity contribution < 1.29 is 10.2 Å². The van der Waals surface area contributed by atoms with Crippen molar-refractivity contribution in [1.29, 1.82) is 0 Å². The zero-order valence-electron chi connectivity index (χ0n) is 7.72. The minimum atomic E-state index is 0.101. The van der Waals surface area contributed by atoms with Gasteiger partial charge in [-0.2, -0.15) is 0 Å². The summed E-state index contributed by atoms with van der Waals surface area (Å²) in [5.41, 5.74) is 0.865. The zero-order valence-corrected chi connectivity index (χ0v) is 7.72. The molecule has 0 aromatic heterocycles. The molecule has 2 heteroatoms. The number of allylic oxidation sites excluding steroid dienone is 4. The number of rotatable bonds is 2. The largest absolute Gasteiger partial charge is 0.508 e. The molecule has 0 unspecified atom stereocenters. The summed E-state index contributed by atoms with van der Waals surface area (Å²) >= 11 is 0. The van der Waals surface area contributed by atoms with Crippen molar-refractivity contribution in [3.05, 3.63) is 48.1 Å². The average Bonchev–Trinajstić information content (AvgIpc) is 2.62. The monoisotopic (exact) mass is 188 g/mol. The Hall–Kier alpha value is -1.70. The van der Waals surface area contributed by atoms with Gasteiger partial charge in [-0.25, -0.2) is 0 Å². The minimum absolute atomic E-state index is 0.101. The smallest absolute Gasteiger partial charge is 0.122 e. The van der Waals surface area contributed by atoms with Crippen LogP contribution in [0.4, 0.5) is 0 Å². The molecule has 0 aliphatic heterocycles. The van der Waals surface area contributed by atoms with Gasteiger partial charge in [0.1, 0.15) is 11.5 Å². The lowest BCUT2D eigenvalue weighted by atomic mass is 10.00. The molecule has 0 saturated heterocycles. The van der Waals surface area contributed by atoms with Gasteiger partial charge in [-0.1, -0.05) is 30.4 Å². The maximum Gasteiger partial charge on any atom is 0.122 e. The first-order valence-electron chi connectivity index (χ1n) is 4.61. The van der Waals surface area contributed by atoms with E-state index >= 15 is 0 Å². The van der Waals surface area contributed by atoms with E-state index in [0.717, 1.165) is 12.0 Å². The molecule has 72 valence electrons. The van der Waals surface area contributed by atoms with Crippen LogP contribution in [-0.4, -0.2) is 10.2 Å². The summed E-state index contributed by atoms with van der Waals surface area (Å²) in [6.07, 6.45) is 8.96. The SMILES string of the molecule is Oc1ccc(CC2C=CC=C2)c(O)c1. The van der Waals surface area contributed by atoms with Crippen LogP contribution >= 0.6 is 0 Å². The first-order valence-corrected chi connectivity index (χ1v) is 4.61. The maximum atomic E-state index is 9.54. The second kappa shape index (κ2) is 3.58. The summed E-state index contributed by atoms with van der Waals surface area (Å²) in [6.45, 7) is 0. The summed E-state index contributed by atoms with van der Waals surface area (Å²) in [7, 11) is 0. The number of phenolic OH excluding ortho intramolecular Hbond substituents is 2. The van der Waals surface area contributed by atoms with Crippen LogP contribution in [0.5, 0.6) is 11.5 Å². The third kappa shape index (κ3) is 1.79. The fourth-order valence-corrected chi connectivity index (χ4v) is 1.59. The molecule has 2 nitrogen and oxygen atoms in total. The lowest BCUT2D eigenvalue weighted by Crippen LogP contribution is -1.95. The van der Waals surface area contributed by atoms with Crippen LogP contribution in [0, 0.1) is 5.92 Å². The molecule has 14 heavy (non-hydrogen) atoms. The van der Waals surface area contributed by atoms with Crippen molar-refractivity contribution in [2.75, 3.05) is 0 Å². The molecule has 1 aliphatic rings. The van der Waals surface area contributed by atoms with Crippen molar-refractivity contribution >= 4 is 0 Å². The standard InChI is InChI=1S/C12H12O2/c13-11-6-5-10(12(14)8-11)7-9-3-1-2-4-9/h1-6,8-9,13-14H,7H2. The molecule has 0 radical (unpaired) electrons. The number of aromatic hydroxyl groups is 2. The summed E-state index contributed by atoms with van der Waals surface area (Å²) < 4.78 is 0. The van der Waals surface area contributed by atoms with Crippen molar-refractivity contribution in [3.8, 4) is 11.5 Å². The van der Waals surface area contributed by atoms with Crippen molar-refractivity contribution in [1.82, 2.24) is 0 Å². The Morgan fingerprint density at radius 1 is 1.07 bits per heavy atom. The van der Waals surface area contributed by atoms with Crippen LogP contribution in [-0.2, 0) is 6.42 Å². The minimum Gasteiger partial charge on any atom is -0.508 e. The molecular weight excluding hydrogens is 176 g/mol. The Morgan fingerprint density at radius 2 is 1.79 bits per heavy atom. The second-order valence-electron chi connectivity index (χ2n) is 3.45. The molecule has 2 N–H and O–H groups in total. The predicted octanol–water partition coefficient (Wildman–Crippen LogP) is 2.38. The topological polar surface area (TPSA) is 40.5 Å². The number of hydrogen-bond donors (Lipinski definition) is 2. The van der Waals surface area contributed by atoms with Crippen LogP contribution in [0.3, 0.4) is 0 Å². The van der Waals surface area contributed by atoms with Gasteiger partial charge < -0.3 is 10.2 Å². The molecular formula is C12H12O2. The highest BCUT2D eigenvalue weighted by molar-refractivity contribution is 5.40. The van der Waals surface area contributed by atoms with E-state index in [0.29, 0.717) is 5.92 Å². The Bertz CT molecular complexity index is 379. The fourth-order valence-electron chi connectivity index (χ4n) is 1.59. The number of hydrogen-bond acceptors (Lipinski definition) is 2. The molecule has 0 heterocycles. The summed E-state index contributed by atoms with van der Waals surface area (Å²) in [5, 5.41) is 18.7. The Labute approximate surface area is 82.8 Å². The first-order chi connectivity index (χ1) is 6.75. The summed E-state index contributed by atoms with van der Waals surface area (Å²) in [6, 6.07) is 4.72. The second-order valence-corrected chi connectivity index (χ2v) is 3.45. The molecule has 2 rings (SSSR count). The van der Waals surface area contributed by atoms with E-state index in [1.165, 1.54) is 6.07 Å². The molecule has 1 aromatic rings. The quantitative estimate of drug-likeness (QED) is 0.748. The van der Waals surface area contributed by atoms with Gasteiger partial charge in [0.25, 0.3) is 0 Å². The van der Waals surface area contributed by atoms with E-state index < -0.39 is 0 Å². The van der Waals surface area contributed by atoms with Crippen LogP contribution in [0.1, 0.15) is 5.56 Å². The Morgan fingerprint density at radius 3 is 2.43 bits per heavy atom. The highest BCUT2D eigenvalue weighted by atomic mass is 16.3. The maximum absolute atomic E-state index is 9.54. The van der Waals surface area contributed by atoms with Crippen LogP contribution in [0.25, 0.3) is 0 Å². The van der Waals surface area contributed by atoms with Gasteiger partial charge in [0.2, 0.25) is 0 Å². The molecule has 1 aliphatic carbocycles. The van der Waals surface area contributed by atoms with Crippen LogP contribution in [0.2, 0.25) is 0 Å². The van der Waals surface area contributed by atoms with Crippen molar-refractivity contribution in [3.63, 3.8) is 0 Å². The van der Waals surface area contributed by atoms with Gasteiger partial charge in [0.05, 0.1) is 0 Å². The van der Waals surface area contributed by atoms with E-state index in [2.05, 4.69) is 12.2 Å². The summed E-state index contributed by atoms with van der Waals surface area (Å²) in [4.78, 5) is 0. The number of benzene rings is 1. The van der Waals surface area contributed by atoms with E-state index in [1.54, 1.807) is 12.1 Å². The molecule has 0 atom stereocenters. The molecule has 0 amide bonds. The van der Waals surface area contributed by atoms with E-state index in [-0.39, 0.29) is 11.5 Å². The van der Waals surface area contributed by atoms with Gasteiger partial charge in [0, 0.05) is 6.07 Å². The highest BCUT2D eigenvalue weighted by Gasteiger charge is 2.08. The fraction of sp³-hybridized carbons (Fsp3) is 0.167. The Balaban J connectivity index is 2.16. The average molecular weight is 188 g/mol. The molecule has 0 saturated carbocycles. The van der Waals surface area contributed by atoms with Gasteiger partial charge in [-0.3, -0.25) is 0 Å². The molecule has 1 aromatic carbocycles. The van der Waals surface area contributed by atoms with Crippen molar-refractivity contribution in [2.45, 2.75) is 6.42 Å². The van der Waals surface area contributed by atoms with Crippen LogP contribution in [0.15, 0.2) is 42.5 Å². The van der Waals surface area contributed by atoms with Gasteiger partial charge in [0.15, 0.2) is 0 Å². The third-order valence-electron chi connectivity index (χ3n) is 2.35. The molecule has 0 spiro atoms. The third-order valence-corrected chi connectivity index (χ3v) is 2.35. The van der Waals surface area contributed by atoms with Gasteiger partial charge in [-0.15, -0.1) is 0 Å². The highest BCUT2D eigenvalue weighted by Crippen LogP contribution is 2.26. The first kappa shape index (κ1) is 8.88. The zero-order chi connectivity index (χ0) is 9.97. The summed E-state index contributed by atoms with van der Waals surface area (Å²) in [5.74, 6) is 0.632. The van der Waals surface area contributed by atoms with E-state index in [1.807, 2.05) is 12.2 Å². The number of phenols is 2. The van der Waals surface area contributed by atoms with Crippen molar-refractivity contribution in [2.24, 2.45) is 5.92 Å². The Kier molecular flexibility index (Phi) is 2.27.